The summed E-state index contributed by atoms with van der Waals surface area (Å²) < 4.78 is 40.0. The Labute approximate surface area is 122 Å². The molecule has 0 radical (unpaired) electrons. The van der Waals surface area contributed by atoms with Crippen LogP contribution in [-0.2, 0) is 9.84 Å². The normalized spacial score (nSPS) is 13.1. The van der Waals surface area contributed by atoms with Gasteiger partial charge in [0.05, 0.1) is 9.92 Å². The van der Waals surface area contributed by atoms with Gasteiger partial charge in [-0.15, -0.1) is 12.4 Å². The zero-order valence-electron chi connectivity index (χ0n) is 10.0. The average Bonchev–Trinajstić information content (AvgIpc) is 2.24. The largest absolute Gasteiger partial charge is 0.488 e. The third-order valence-corrected chi connectivity index (χ3v) is 3.39. The number of halogens is 3. The number of sulfone groups is 1. The van der Waals surface area contributed by atoms with Crippen molar-refractivity contribution in [1.29, 1.82) is 0 Å². The Balaban J connectivity index is 0.00000324. The summed E-state index contributed by atoms with van der Waals surface area (Å²) in [6.45, 7) is 0.0928. The SMILES string of the molecule is CS(=O)(=O)c1ccc(OC/C=C/C(N)F)c(Cl)c1.Cl. The standard InChI is InChI=1S/C11H13ClFNO3S.ClH/c1-18(15,16)8-4-5-10(9(12)7-8)17-6-2-3-11(13)14;/h2-5,7,11H,6,14H2,1H3;1H/b3-2+;. The lowest BCUT2D eigenvalue weighted by atomic mass is 10.3. The molecule has 8 heteroatoms. The molecule has 0 heterocycles. The summed E-state index contributed by atoms with van der Waals surface area (Å²) in [6.07, 6.45) is 2.10. The Morgan fingerprint density at radius 2 is 2.16 bits per heavy atom. The zero-order valence-corrected chi connectivity index (χ0v) is 12.4. The summed E-state index contributed by atoms with van der Waals surface area (Å²) in [4.78, 5) is 0.112. The molecule has 0 fully saturated rings. The van der Waals surface area contributed by atoms with Crippen molar-refractivity contribution in [2.24, 2.45) is 5.73 Å². The minimum Gasteiger partial charge on any atom is -0.488 e. The van der Waals surface area contributed by atoms with Gasteiger partial charge in [0.2, 0.25) is 0 Å². The maximum atomic E-state index is 12.2. The fourth-order valence-electron chi connectivity index (χ4n) is 1.15. The van der Waals surface area contributed by atoms with E-state index >= 15 is 0 Å². The van der Waals surface area contributed by atoms with E-state index in [1.807, 2.05) is 0 Å². The molecular formula is C11H14Cl2FNO3S. The number of nitrogens with two attached hydrogens (primary N) is 1. The zero-order chi connectivity index (χ0) is 13.8. The number of ether oxygens (including phenoxy) is 1. The van der Waals surface area contributed by atoms with Gasteiger partial charge in [-0.3, -0.25) is 5.73 Å². The third-order valence-electron chi connectivity index (χ3n) is 1.99. The fourth-order valence-corrected chi connectivity index (χ4v) is 2.10. The monoisotopic (exact) mass is 329 g/mol. The molecule has 0 spiro atoms. The maximum absolute atomic E-state index is 12.2. The molecule has 0 amide bonds. The van der Waals surface area contributed by atoms with Gasteiger partial charge in [-0.05, 0) is 30.4 Å². The van der Waals surface area contributed by atoms with Crippen LogP contribution in [0.4, 0.5) is 4.39 Å². The van der Waals surface area contributed by atoms with E-state index in [9.17, 15) is 12.8 Å². The van der Waals surface area contributed by atoms with Crippen LogP contribution in [0.1, 0.15) is 0 Å². The molecular weight excluding hydrogens is 316 g/mol. The Morgan fingerprint density at radius 3 is 2.63 bits per heavy atom. The first-order chi connectivity index (χ1) is 8.30. The van der Waals surface area contributed by atoms with Crippen molar-refractivity contribution in [1.82, 2.24) is 0 Å². The Hall–Kier alpha value is -0.820. The van der Waals surface area contributed by atoms with Crippen molar-refractivity contribution < 1.29 is 17.5 Å². The second-order valence-corrected chi connectivity index (χ2v) is 5.97. The number of hydrogen-bond acceptors (Lipinski definition) is 4. The molecule has 19 heavy (non-hydrogen) atoms. The van der Waals surface area contributed by atoms with Crippen LogP contribution in [0.5, 0.6) is 5.75 Å². The quantitative estimate of drug-likeness (QED) is 0.665. The molecule has 0 saturated carbocycles. The first-order valence-corrected chi connectivity index (χ1v) is 7.26. The van der Waals surface area contributed by atoms with E-state index in [1.165, 1.54) is 24.3 Å². The summed E-state index contributed by atoms with van der Waals surface area (Å²) in [5.41, 5.74) is 4.87. The lowest BCUT2D eigenvalue weighted by Gasteiger charge is -2.07. The van der Waals surface area contributed by atoms with Gasteiger partial charge >= 0.3 is 0 Å². The molecule has 0 aliphatic heterocycles. The molecule has 1 atom stereocenters. The van der Waals surface area contributed by atoms with Crippen LogP contribution in [0.25, 0.3) is 0 Å². The van der Waals surface area contributed by atoms with Crippen LogP contribution in [0.3, 0.4) is 0 Å². The molecule has 108 valence electrons. The highest BCUT2D eigenvalue weighted by molar-refractivity contribution is 7.90. The van der Waals surface area contributed by atoms with Gasteiger partial charge in [-0.25, -0.2) is 12.8 Å². The van der Waals surface area contributed by atoms with Crippen LogP contribution in [0, 0.1) is 0 Å². The maximum Gasteiger partial charge on any atom is 0.175 e. The second-order valence-electron chi connectivity index (χ2n) is 3.55. The highest BCUT2D eigenvalue weighted by Crippen LogP contribution is 2.27. The summed E-state index contributed by atoms with van der Waals surface area (Å²) in [7, 11) is -3.30. The van der Waals surface area contributed by atoms with E-state index in [2.05, 4.69) is 0 Å². The molecule has 0 aliphatic rings. The first-order valence-electron chi connectivity index (χ1n) is 4.99. The van der Waals surface area contributed by atoms with Crippen LogP contribution in [0.2, 0.25) is 5.02 Å². The number of alkyl halides is 1. The fraction of sp³-hybridized carbons (Fsp3) is 0.273. The second kappa shape index (κ2) is 7.69. The number of rotatable bonds is 5. The van der Waals surface area contributed by atoms with Gasteiger partial charge in [-0.1, -0.05) is 11.6 Å². The van der Waals surface area contributed by atoms with Crippen molar-refractivity contribution in [2.45, 2.75) is 11.2 Å². The number of hydrogen-bond donors (Lipinski definition) is 1. The predicted octanol–water partition coefficient (Wildman–Crippen LogP) is 2.35. The summed E-state index contributed by atoms with van der Waals surface area (Å²) in [5, 5.41) is 0.177. The van der Waals surface area contributed by atoms with E-state index in [1.54, 1.807) is 0 Å². The van der Waals surface area contributed by atoms with Crippen molar-refractivity contribution in [3.8, 4) is 5.75 Å². The topological polar surface area (TPSA) is 69.4 Å². The summed E-state index contributed by atoms with van der Waals surface area (Å²) >= 11 is 5.86. The minimum atomic E-state index is -3.30. The van der Waals surface area contributed by atoms with Crippen molar-refractivity contribution in [3.05, 3.63) is 35.4 Å². The molecule has 1 aromatic carbocycles. The average molecular weight is 330 g/mol. The van der Waals surface area contributed by atoms with Gasteiger partial charge in [0, 0.05) is 6.26 Å². The van der Waals surface area contributed by atoms with E-state index in [4.69, 9.17) is 22.1 Å². The lowest BCUT2D eigenvalue weighted by Crippen LogP contribution is -2.09. The molecule has 1 unspecified atom stereocenters. The van der Waals surface area contributed by atoms with E-state index in [0.29, 0.717) is 5.75 Å². The van der Waals surface area contributed by atoms with Gasteiger partial charge in [0.1, 0.15) is 12.4 Å². The Morgan fingerprint density at radius 1 is 1.53 bits per heavy atom. The summed E-state index contributed by atoms with van der Waals surface area (Å²) in [5.74, 6) is 0.321. The van der Waals surface area contributed by atoms with E-state index < -0.39 is 16.1 Å². The van der Waals surface area contributed by atoms with Crippen LogP contribution in [-0.4, -0.2) is 27.6 Å². The smallest absolute Gasteiger partial charge is 0.175 e. The minimum absolute atomic E-state index is 0. The highest BCUT2D eigenvalue weighted by atomic mass is 35.5. The summed E-state index contributed by atoms with van der Waals surface area (Å²) in [6, 6.07) is 4.14. The highest BCUT2D eigenvalue weighted by Gasteiger charge is 2.10. The van der Waals surface area contributed by atoms with Crippen LogP contribution < -0.4 is 10.5 Å². The molecule has 4 nitrogen and oxygen atoms in total. The van der Waals surface area contributed by atoms with E-state index in [0.717, 1.165) is 12.3 Å². The number of benzene rings is 1. The molecule has 0 saturated heterocycles. The Kier molecular flexibility index (Phi) is 7.36. The van der Waals surface area contributed by atoms with Gasteiger partial charge in [-0.2, -0.15) is 0 Å². The molecule has 0 aliphatic carbocycles. The Bertz CT molecular complexity index is 547. The van der Waals surface area contributed by atoms with Crippen LogP contribution in [0.15, 0.2) is 35.2 Å². The van der Waals surface area contributed by atoms with Crippen LogP contribution >= 0.6 is 24.0 Å². The lowest BCUT2D eigenvalue weighted by molar-refractivity contribution is 0.358. The predicted molar refractivity (Wildman–Crippen MR) is 75.5 cm³/mol. The van der Waals surface area contributed by atoms with Crippen molar-refractivity contribution in [2.75, 3.05) is 12.9 Å². The molecule has 0 aromatic heterocycles. The van der Waals surface area contributed by atoms with Crippen molar-refractivity contribution >= 4 is 33.8 Å². The molecule has 1 rings (SSSR count). The molecule has 0 bridgehead atoms. The van der Waals surface area contributed by atoms with Gasteiger partial charge in [0.15, 0.2) is 16.1 Å². The van der Waals surface area contributed by atoms with Gasteiger partial charge < -0.3 is 4.74 Å². The van der Waals surface area contributed by atoms with Gasteiger partial charge in [0.25, 0.3) is 0 Å². The molecule has 2 N–H and O–H groups in total. The van der Waals surface area contributed by atoms with E-state index in [-0.39, 0.29) is 28.9 Å². The third kappa shape index (κ3) is 6.24. The van der Waals surface area contributed by atoms with Crippen molar-refractivity contribution in [3.63, 3.8) is 0 Å². The molecule has 1 aromatic rings. The first kappa shape index (κ1) is 18.2.